The number of benzene rings is 3. The first-order chi connectivity index (χ1) is 19.6. The predicted molar refractivity (Wildman–Crippen MR) is 160 cm³/mol. The summed E-state index contributed by atoms with van der Waals surface area (Å²) in [5.74, 6) is -0.315. The summed E-state index contributed by atoms with van der Waals surface area (Å²) in [5.41, 5.74) is 3.23. The van der Waals surface area contributed by atoms with E-state index in [1.807, 2.05) is 56.3 Å². The standard InChI is InChI=1S/C35H40O7/c1-20-17-26(40-32(37)34(4,5)6)27(41-33(38)35(7,8)9)18-25(20)28(36)31-30(42-31)24-15-21(2)29(22(3)16-24)39-19-23-13-11-10-12-14-23/h10-18,30-31H,19H2,1-9H3. The van der Waals surface area contributed by atoms with E-state index in [1.54, 1.807) is 54.5 Å². The van der Waals surface area contributed by atoms with Crippen LogP contribution in [-0.4, -0.2) is 23.8 Å². The molecule has 1 heterocycles. The molecule has 0 radical (unpaired) electrons. The van der Waals surface area contributed by atoms with Gasteiger partial charge in [0.15, 0.2) is 23.4 Å². The lowest BCUT2D eigenvalue weighted by molar-refractivity contribution is -0.145. The monoisotopic (exact) mass is 572 g/mol. The maximum Gasteiger partial charge on any atom is 0.316 e. The van der Waals surface area contributed by atoms with Crippen molar-refractivity contribution in [3.05, 3.63) is 88.0 Å². The lowest BCUT2D eigenvalue weighted by Crippen LogP contribution is -2.28. The van der Waals surface area contributed by atoms with Crippen LogP contribution in [0.2, 0.25) is 0 Å². The van der Waals surface area contributed by atoms with Crippen molar-refractivity contribution in [1.82, 2.24) is 0 Å². The van der Waals surface area contributed by atoms with Gasteiger partial charge in [0.05, 0.1) is 10.8 Å². The lowest BCUT2D eigenvalue weighted by Gasteiger charge is -2.21. The summed E-state index contributed by atoms with van der Waals surface area (Å²) in [6.45, 7) is 16.5. The fraction of sp³-hybridized carbons (Fsp3) is 0.400. The number of ether oxygens (including phenoxy) is 4. The number of ketones is 1. The summed E-state index contributed by atoms with van der Waals surface area (Å²) in [4.78, 5) is 39.0. The number of aryl methyl sites for hydroxylation is 3. The van der Waals surface area contributed by atoms with E-state index in [-0.39, 0.29) is 17.3 Å². The second-order valence-corrected chi connectivity index (χ2v) is 13.0. The smallest absolute Gasteiger partial charge is 0.316 e. The minimum atomic E-state index is -0.808. The molecule has 3 aromatic rings. The third kappa shape index (κ3) is 7.08. The molecule has 1 saturated heterocycles. The number of esters is 2. The van der Waals surface area contributed by atoms with E-state index in [0.29, 0.717) is 17.7 Å². The van der Waals surface area contributed by atoms with Crippen LogP contribution in [0.1, 0.15) is 85.8 Å². The Morgan fingerprint density at radius 3 is 1.79 bits per heavy atom. The van der Waals surface area contributed by atoms with Crippen molar-refractivity contribution in [3.63, 3.8) is 0 Å². The molecule has 0 bridgehead atoms. The minimum absolute atomic E-state index is 0.0188. The Hall–Kier alpha value is -3.97. The molecule has 0 saturated carbocycles. The van der Waals surface area contributed by atoms with Crippen LogP contribution in [0.4, 0.5) is 0 Å². The Morgan fingerprint density at radius 2 is 1.26 bits per heavy atom. The highest BCUT2D eigenvalue weighted by molar-refractivity contribution is 6.03. The highest BCUT2D eigenvalue weighted by atomic mass is 16.6. The van der Waals surface area contributed by atoms with Gasteiger partial charge in [0.2, 0.25) is 0 Å². The average Bonchev–Trinajstić information content (AvgIpc) is 3.70. The van der Waals surface area contributed by atoms with E-state index >= 15 is 0 Å². The van der Waals surface area contributed by atoms with Crippen molar-refractivity contribution in [2.75, 3.05) is 0 Å². The number of epoxide rings is 1. The van der Waals surface area contributed by atoms with Crippen LogP contribution in [-0.2, 0) is 20.9 Å². The first-order valence-electron chi connectivity index (χ1n) is 14.1. The molecule has 0 amide bonds. The van der Waals surface area contributed by atoms with Gasteiger partial charge in [0.1, 0.15) is 18.5 Å². The fourth-order valence-electron chi connectivity index (χ4n) is 4.42. The second-order valence-electron chi connectivity index (χ2n) is 13.0. The summed E-state index contributed by atoms with van der Waals surface area (Å²) >= 11 is 0. The van der Waals surface area contributed by atoms with Gasteiger partial charge in [-0.2, -0.15) is 0 Å². The SMILES string of the molecule is Cc1cc(OC(=O)C(C)(C)C)c(OC(=O)C(C)(C)C)cc1C(=O)C1OC1c1cc(C)c(OCc2ccccc2)c(C)c1. The van der Waals surface area contributed by atoms with Gasteiger partial charge in [0, 0.05) is 5.56 Å². The molecular weight excluding hydrogens is 532 g/mol. The zero-order valence-electron chi connectivity index (χ0n) is 25.9. The molecule has 1 aliphatic heterocycles. The molecule has 2 unspecified atom stereocenters. The first kappa shape index (κ1) is 31.0. The Morgan fingerprint density at radius 1 is 0.738 bits per heavy atom. The van der Waals surface area contributed by atoms with Gasteiger partial charge in [-0.05, 0) is 114 Å². The van der Waals surface area contributed by atoms with Crippen LogP contribution < -0.4 is 14.2 Å². The van der Waals surface area contributed by atoms with E-state index in [9.17, 15) is 14.4 Å². The number of carbonyl (C=O) groups is 3. The highest BCUT2D eigenvalue weighted by Gasteiger charge is 2.47. The van der Waals surface area contributed by atoms with Crippen molar-refractivity contribution in [1.29, 1.82) is 0 Å². The molecule has 1 fully saturated rings. The van der Waals surface area contributed by atoms with Crippen molar-refractivity contribution in [2.24, 2.45) is 10.8 Å². The summed E-state index contributed by atoms with van der Waals surface area (Å²) in [5, 5.41) is 0. The van der Waals surface area contributed by atoms with Crippen molar-refractivity contribution >= 4 is 17.7 Å². The number of Topliss-reactive ketones (excluding diaryl/α,β-unsaturated/α-hetero) is 1. The number of carbonyl (C=O) groups excluding carboxylic acids is 3. The molecule has 7 nitrogen and oxygen atoms in total. The molecule has 7 heteroatoms. The van der Waals surface area contributed by atoms with E-state index in [0.717, 1.165) is 28.0 Å². The molecular formula is C35H40O7. The van der Waals surface area contributed by atoms with Gasteiger partial charge in [-0.15, -0.1) is 0 Å². The van der Waals surface area contributed by atoms with Gasteiger partial charge in [0.25, 0.3) is 0 Å². The first-order valence-corrected chi connectivity index (χ1v) is 14.1. The van der Waals surface area contributed by atoms with Gasteiger partial charge < -0.3 is 18.9 Å². The van der Waals surface area contributed by atoms with E-state index in [1.165, 1.54) is 6.07 Å². The zero-order chi connectivity index (χ0) is 31.0. The third-order valence-electron chi connectivity index (χ3n) is 6.97. The second kappa shape index (κ2) is 11.7. The summed E-state index contributed by atoms with van der Waals surface area (Å²) in [6.07, 6.45) is -1.09. The molecule has 4 rings (SSSR count). The zero-order valence-corrected chi connectivity index (χ0v) is 25.9. The molecule has 2 atom stereocenters. The quantitative estimate of drug-likeness (QED) is 0.120. The molecule has 0 aromatic heterocycles. The molecule has 0 N–H and O–H groups in total. The number of hydrogen-bond donors (Lipinski definition) is 0. The molecule has 222 valence electrons. The Balaban J connectivity index is 1.56. The maximum atomic E-state index is 13.6. The molecule has 42 heavy (non-hydrogen) atoms. The molecule has 3 aromatic carbocycles. The summed E-state index contributed by atoms with van der Waals surface area (Å²) < 4.78 is 23.3. The van der Waals surface area contributed by atoms with Crippen LogP contribution in [0, 0.1) is 31.6 Å². The van der Waals surface area contributed by atoms with E-state index < -0.39 is 35.0 Å². The van der Waals surface area contributed by atoms with Crippen LogP contribution in [0.15, 0.2) is 54.6 Å². The van der Waals surface area contributed by atoms with Gasteiger partial charge in [-0.25, -0.2) is 0 Å². The van der Waals surface area contributed by atoms with Crippen LogP contribution in [0.5, 0.6) is 17.2 Å². The maximum absolute atomic E-state index is 13.6. The molecule has 0 aliphatic carbocycles. The lowest BCUT2D eigenvalue weighted by atomic mass is 9.95. The van der Waals surface area contributed by atoms with Crippen LogP contribution in [0.3, 0.4) is 0 Å². The number of rotatable bonds is 8. The Kier molecular flexibility index (Phi) is 8.65. The normalized spacial score (nSPS) is 16.5. The summed E-state index contributed by atoms with van der Waals surface area (Å²) in [7, 11) is 0. The minimum Gasteiger partial charge on any atom is -0.488 e. The van der Waals surface area contributed by atoms with Gasteiger partial charge in [-0.1, -0.05) is 30.3 Å². The average molecular weight is 573 g/mol. The van der Waals surface area contributed by atoms with Crippen molar-refractivity contribution in [3.8, 4) is 17.2 Å². The predicted octanol–water partition coefficient (Wildman–Crippen LogP) is 7.42. The molecule has 1 aliphatic rings. The Labute approximate surface area is 248 Å². The van der Waals surface area contributed by atoms with Crippen LogP contribution >= 0.6 is 0 Å². The van der Waals surface area contributed by atoms with Crippen molar-refractivity contribution < 1.29 is 33.3 Å². The van der Waals surface area contributed by atoms with Crippen LogP contribution in [0.25, 0.3) is 0 Å². The molecule has 0 spiro atoms. The van der Waals surface area contributed by atoms with E-state index in [2.05, 4.69) is 0 Å². The topological polar surface area (TPSA) is 91.4 Å². The number of hydrogen-bond acceptors (Lipinski definition) is 7. The van der Waals surface area contributed by atoms with E-state index in [4.69, 9.17) is 18.9 Å². The summed E-state index contributed by atoms with van der Waals surface area (Å²) in [6, 6.07) is 17.0. The fourth-order valence-corrected chi connectivity index (χ4v) is 4.42. The largest absolute Gasteiger partial charge is 0.488 e. The van der Waals surface area contributed by atoms with Gasteiger partial charge >= 0.3 is 11.9 Å². The Bertz CT molecular complexity index is 1480. The van der Waals surface area contributed by atoms with Gasteiger partial charge in [-0.3, -0.25) is 14.4 Å². The highest BCUT2D eigenvalue weighted by Crippen LogP contribution is 2.44. The van der Waals surface area contributed by atoms with Crippen molar-refractivity contribution in [2.45, 2.75) is 81.1 Å². The third-order valence-corrected chi connectivity index (χ3v) is 6.97.